The number of hydrogen-bond donors (Lipinski definition) is 1. The molecule has 0 heterocycles. The third-order valence-corrected chi connectivity index (χ3v) is 4.59. The van der Waals surface area contributed by atoms with Crippen molar-refractivity contribution in [3.05, 3.63) is 29.6 Å². The maximum Gasteiger partial charge on any atom is 0.168 e. The van der Waals surface area contributed by atoms with E-state index in [-0.39, 0.29) is 17.3 Å². The molecule has 1 unspecified atom stereocenters. The minimum Gasteiger partial charge on any atom is -0.494 e. The number of methoxy groups -OCH3 is 1. The monoisotopic (exact) mass is 265 g/mol. The van der Waals surface area contributed by atoms with E-state index >= 15 is 0 Å². The number of benzene rings is 1. The molecule has 0 aromatic heterocycles. The van der Waals surface area contributed by atoms with E-state index < -0.39 is 0 Å². The Hall–Kier alpha value is -1.09. The van der Waals surface area contributed by atoms with E-state index in [4.69, 9.17) is 10.5 Å². The van der Waals surface area contributed by atoms with Crippen molar-refractivity contribution in [3.63, 3.8) is 0 Å². The number of rotatable bonds is 4. The molecule has 2 rings (SSSR count). The van der Waals surface area contributed by atoms with E-state index in [0.29, 0.717) is 17.7 Å². The Kier molecular flexibility index (Phi) is 4.46. The van der Waals surface area contributed by atoms with Crippen LogP contribution in [0.5, 0.6) is 5.75 Å². The van der Waals surface area contributed by atoms with Crippen LogP contribution in [0.1, 0.15) is 44.6 Å². The van der Waals surface area contributed by atoms with Crippen molar-refractivity contribution in [1.82, 2.24) is 0 Å². The first-order valence-electron chi connectivity index (χ1n) is 7.14. The van der Waals surface area contributed by atoms with E-state index in [0.717, 1.165) is 12.8 Å². The normalized spacial score (nSPS) is 20.0. The number of nitrogens with two attached hydrogens (primary N) is 1. The maximum absolute atomic E-state index is 14.1. The SMILES string of the molecule is COc1cccc(CC(N)C2(C)CCCCC2)c1F. The molecule has 0 amide bonds. The highest BCUT2D eigenvalue weighted by Gasteiger charge is 2.33. The molecule has 1 aliphatic carbocycles. The highest BCUT2D eigenvalue weighted by Crippen LogP contribution is 2.39. The molecule has 0 spiro atoms. The van der Waals surface area contributed by atoms with Gasteiger partial charge in [0.1, 0.15) is 0 Å². The molecule has 19 heavy (non-hydrogen) atoms. The van der Waals surface area contributed by atoms with Gasteiger partial charge in [-0.05, 0) is 36.3 Å². The van der Waals surface area contributed by atoms with Gasteiger partial charge in [-0.25, -0.2) is 4.39 Å². The van der Waals surface area contributed by atoms with E-state index in [1.807, 2.05) is 12.1 Å². The molecule has 0 aliphatic heterocycles. The lowest BCUT2D eigenvalue weighted by Crippen LogP contribution is -2.42. The van der Waals surface area contributed by atoms with Crippen LogP contribution < -0.4 is 10.5 Å². The topological polar surface area (TPSA) is 35.2 Å². The van der Waals surface area contributed by atoms with Gasteiger partial charge in [0.05, 0.1) is 7.11 Å². The Morgan fingerprint density at radius 2 is 2.00 bits per heavy atom. The second-order valence-electron chi connectivity index (χ2n) is 5.96. The first kappa shape index (κ1) is 14.3. The first-order chi connectivity index (χ1) is 9.07. The Labute approximate surface area is 115 Å². The molecule has 0 bridgehead atoms. The van der Waals surface area contributed by atoms with Gasteiger partial charge >= 0.3 is 0 Å². The first-order valence-corrected chi connectivity index (χ1v) is 7.14. The van der Waals surface area contributed by atoms with Crippen LogP contribution in [-0.2, 0) is 6.42 Å². The molecular weight excluding hydrogens is 241 g/mol. The summed E-state index contributed by atoms with van der Waals surface area (Å²) in [5.74, 6) is 0.0401. The van der Waals surface area contributed by atoms with Gasteiger partial charge in [0, 0.05) is 6.04 Å². The summed E-state index contributed by atoms with van der Waals surface area (Å²) in [4.78, 5) is 0. The second-order valence-corrected chi connectivity index (χ2v) is 5.96. The maximum atomic E-state index is 14.1. The summed E-state index contributed by atoms with van der Waals surface area (Å²) in [5.41, 5.74) is 7.18. The van der Waals surface area contributed by atoms with Crippen LogP contribution in [-0.4, -0.2) is 13.2 Å². The third-order valence-electron chi connectivity index (χ3n) is 4.59. The molecule has 1 aliphatic rings. The largest absolute Gasteiger partial charge is 0.494 e. The minimum absolute atomic E-state index is 0.00871. The molecule has 2 N–H and O–H groups in total. The van der Waals surface area contributed by atoms with Crippen molar-refractivity contribution < 1.29 is 9.13 Å². The zero-order valence-corrected chi connectivity index (χ0v) is 11.9. The Morgan fingerprint density at radius 1 is 1.32 bits per heavy atom. The molecule has 1 fully saturated rings. The average Bonchev–Trinajstić information content (AvgIpc) is 2.42. The zero-order chi connectivity index (χ0) is 13.9. The average molecular weight is 265 g/mol. The summed E-state index contributed by atoms with van der Waals surface area (Å²) in [7, 11) is 1.49. The Bertz CT molecular complexity index is 427. The smallest absolute Gasteiger partial charge is 0.168 e. The van der Waals surface area contributed by atoms with Crippen molar-refractivity contribution in [1.29, 1.82) is 0 Å². The molecular formula is C16H24FNO. The molecule has 0 radical (unpaired) electrons. The summed E-state index contributed by atoms with van der Waals surface area (Å²) in [6.07, 6.45) is 6.67. The van der Waals surface area contributed by atoms with Crippen LogP contribution in [0.4, 0.5) is 4.39 Å². The standard InChI is InChI=1S/C16H24FNO/c1-16(9-4-3-5-10-16)14(18)11-12-7-6-8-13(19-2)15(12)17/h6-8,14H,3-5,9-11,18H2,1-2H3. The summed E-state index contributed by atoms with van der Waals surface area (Å²) >= 11 is 0. The van der Waals surface area contributed by atoms with Crippen molar-refractivity contribution in [2.45, 2.75) is 51.5 Å². The third kappa shape index (κ3) is 3.08. The number of halogens is 1. The van der Waals surface area contributed by atoms with E-state index in [1.165, 1.54) is 26.4 Å². The highest BCUT2D eigenvalue weighted by molar-refractivity contribution is 5.31. The lowest BCUT2D eigenvalue weighted by molar-refractivity contribution is 0.168. The highest BCUT2D eigenvalue weighted by atomic mass is 19.1. The van der Waals surface area contributed by atoms with Crippen LogP contribution in [0.15, 0.2) is 18.2 Å². The van der Waals surface area contributed by atoms with Crippen molar-refractivity contribution in [2.24, 2.45) is 11.1 Å². The van der Waals surface area contributed by atoms with Gasteiger partial charge in [0.25, 0.3) is 0 Å². The van der Waals surface area contributed by atoms with Crippen LogP contribution in [0.25, 0.3) is 0 Å². The van der Waals surface area contributed by atoms with Gasteiger partial charge < -0.3 is 10.5 Å². The lowest BCUT2D eigenvalue weighted by atomic mass is 9.69. The number of ether oxygens (including phenoxy) is 1. The van der Waals surface area contributed by atoms with Crippen LogP contribution >= 0.6 is 0 Å². The fraction of sp³-hybridized carbons (Fsp3) is 0.625. The molecule has 1 saturated carbocycles. The Morgan fingerprint density at radius 3 is 2.63 bits per heavy atom. The predicted molar refractivity (Wildman–Crippen MR) is 75.8 cm³/mol. The fourth-order valence-corrected chi connectivity index (χ4v) is 3.09. The van der Waals surface area contributed by atoms with Gasteiger partial charge in [0.2, 0.25) is 0 Å². The lowest BCUT2D eigenvalue weighted by Gasteiger charge is -2.39. The van der Waals surface area contributed by atoms with Gasteiger partial charge in [-0.3, -0.25) is 0 Å². The zero-order valence-electron chi connectivity index (χ0n) is 11.9. The van der Waals surface area contributed by atoms with Gasteiger partial charge in [-0.1, -0.05) is 38.3 Å². The van der Waals surface area contributed by atoms with Gasteiger partial charge in [-0.15, -0.1) is 0 Å². The van der Waals surface area contributed by atoms with E-state index in [9.17, 15) is 4.39 Å². The van der Waals surface area contributed by atoms with Crippen molar-refractivity contribution >= 4 is 0 Å². The molecule has 1 aromatic rings. The fourth-order valence-electron chi connectivity index (χ4n) is 3.09. The molecule has 3 heteroatoms. The predicted octanol–water partition coefficient (Wildman–Crippen LogP) is 3.67. The second kappa shape index (κ2) is 5.91. The summed E-state index contributed by atoms with van der Waals surface area (Å²) in [6, 6.07) is 5.29. The molecule has 0 saturated heterocycles. The summed E-state index contributed by atoms with van der Waals surface area (Å²) in [5, 5.41) is 0. The minimum atomic E-state index is -0.264. The molecule has 1 atom stereocenters. The number of hydrogen-bond acceptors (Lipinski definition) is 2. The van der Waals surface area contributed by atoms with Crippen LogP contribution in [0.3, 0.4) is 0 Å². The quantitative estimate of drug-likeness (QED) is 0.901. The van der Waals surface area contributed by atoms with Crippen molar-refractivity contribution in [3.8, 4) is 5.75 Å². The van der Waals surface area contributed by atoms with Gasteiger partial charge in [0.15, 0.2) is 11.6 Å². The Balaban J connectivity index is 2.12. The summed E-state index contributed by atoms with van der Waals surface area (Å²) in [6.45, 7) is 2.24. The molecule has 1 aromatic carbocycles. The van der Waals surface area contributed by atoms with Crippen LogP contribution in [0.2, 0.25) is 0 Å². The molecule has 2 nitrogen and oxygen atoms in total. The van der Waals surface area contributed by atoms with Gasteiger partial charge in [-0.2, -0.15) is 0 Å². The summed E-state index contributed by atoms with van der Waals surface area (Å²) < 4.78 is 19.2. The van der Waals surface area contributed by atoms with Crippen LogP contribution in [0, 0.1) is 11.2 Å². The molecule has 106 valence electrons. The van der Waals surface area contributed by atoms with E-state index in [2.05, 4.69) is 6.92 Å². The van der Waals surface area contributed by atoms with Crippen molar-refractivity contribution in [2.75, 3.05) is 7.11 Å². The van der Waals surface area contributed by atoms with E-state index in [1.54, 1.807) is 6.07 Å².